The van der Waals surface area contributed by atoms with E-state index in [9.17, 15) is 9.59 Å². The number of fused-ring (bicyclic) bond motifs is 5. The number of carbonyl (C=O) groups is 2. The number of anilines is 3. The lowest BCUT2D eigenvalue weighted by atomic mass is 9.47. The van der Waals surface area contributed by atoms with Gasteiger partial charge in [0, 0.05) is 18.0 Å². The Bertz CT molecular complexity index is 1260. The first-order chi connectivity index (χ1) is 18.8. The van der Waals surface area contributed by atoms with Gasteiger partial charge in [0.2, 0.25) is 0 Å². The van der Waals surface area contributed by atoms with Crippen LogP contribution in [0.1, 0.15) is 72.1 Å². The zero-order valence-electron chi connectivity index (χ0n) is 23.4. The van der Waals surface area contributed by atoms with Crippen LogP contribution in [0.4, 0.5) is 22.0 Å². The summed E-state index contributed by atoms with van der Waals surface area (Å²) in [5.74, 6) is 3.35. The number of aromatic nitrogens is 1. The number of carbonyl (C=O) groups excluding carboxylic acids is 2. The summed E-state index contributed by atoms with van der Waals surface area (Å²) in [6.45, 7) is 6.67. The smallest absolute Gasteiger partial charge is 0.411 e. The largest absolute Gasteiger partial charge is 0.446 e. The second kappa shape index (κ2) is 10.1. The molecule has 1 aromatic heterocycles. The van der Waals surface area contributed by atoms with E-state index in [0.717, 1.165) is 37.8 Å². The molecule has 2 aromatic rings. The second-order valence-electron chi connectivity index (χ2n) is 12.9. The summed E-state index contributed by atoms with van der Waals surface area (Å²) < 4.78 is 5.91. The molecule has 4 aliphatic rings. The first kappa shape index (κ1) is 26.1. The Morgan fingerprint density at radius 2 is 1.77 bits per heavy atom. The van der Waals surface area contributed by atoms with Crippen molar-refractivity contribution in [1.82, 2.24) is 4.98 Å². The van der Waals surface area contributed by atoms with Crippen molar-refractivity contribution in [2.75, 3.05) is 10.6 Å². The number of pyridine rings is 1. The minimum Gasteiger partial charge on any atom is -0.446 e. The summed E-state index contributed by atoms with van der Waals surface area (Å²) in [6, 6.07) is 13.5. The zero-order valence-corrected chi connectivity index (χ0v) is 23.4. The first-order valence-corrected chi connectivity index (χ1v) is 14.7. The standard InChI is InChI=1S/C33H41N3O3/c1-21(37)27-12-13-28-26-11-9-22-19-25(15-17-32(22,2)29(26)16-18-33(27,28)3)39-31(38)36-24-10-14-30(34-20-24)35-23-7-5-4-6-8-23/h4-10,14,20,25-29H,11-13,15-19H2,1-3H3,(H,34,35)(H,36,38). The number of benzene rings is 1. The molecule has 0 aliphatic heterocycles. The highest BCUT2D eigenvalue weighted by Crippen LogP contribution is 2.66. The molecular weight excluding hydrogens is 486 g/mol. The van der Waals surface area contributed by atoms with Crippen LogP contribution in [-0.4, -0.2) is 23.0 Å². The van der Waals surface area contributed by atoms with E-state index in [-0.39, 0.29) is 22.9 Å². The molecule has 0 saturated heterocycles. The van der Waals surface area contributed by atoms with E-state index >= 15 is 0 Å². The summed E-state index contributed by atoms with van der Waals surface area (Å²) in [6.07, 6.45) is 12.1. The van der Waals surface area contributed by atoms with E-state index in [4.69, 9.17) is 4.74 Å². The first-order valence-electron chi connectivity index (χ1n) is 14.7. The lowest BCUT2D eigenvalue weighted by Gasteiger charge is -2.58. The number of Topliss-reactive ketones (excluding diaryl/α,β-unsaturated/α-hetero) is 1. The normalized spacial score (nSPS) is 35.1. The van der Waals surface area contributed by atoms with E-state index in [1.807, 2.05) is 42.5 Å². The quantitative estimate of drug-likeness (QED) is 0.386. The Balaban J connectivity index is 1.06. The fourth-order valence-corrected chi connectivity index (χ4v) is 8.91. The van der Waals surface area contributed by atoms with Crippen molar-refractivity contribution in [3.05, 3.63) is 60.3 Å². The maximum absolute atomic E-state index is 12.7. The highest BCUT2D eigenvalue weighted by molar-refractivity contribution is 5.84. The molecule has 4 aliphatic carbocycles. The highest BCUT2D eigenvalue weighted by Gasteiger charge is 2.59. The van der Waals surface area contributed by atoms with E-state index < -0.39 is 6.09 Å². The van der Waals surface area contributed by atoms with E-state index in [0.29, 0.717) is 35.0 Å². The van der Waals surface area contributed by atoms with Crippen molar-refractivity contribution in [1.29, 1.82) is 0 Å². The molecule has 0 bridgehead atoms. The van der Waals surface area contributed by atoms with E-state index in [2.05, 4.69) is 35.5 Å². The van der Waals surface area contributed by atoms with Gasteiger partial charge in [0.25, 0.3) is 0 Å². The summed E-state index contributed by atoms with van der Waals surface area (Å²) in [5, 5.41) is 6.10. The maximum atomic E-state index is 12.7. The predicted molar refractivity (Wildman–Crippen MR) is 154 cm³/mol. The van der Waals surface area contributed by atoms with Crippen molar-refractivity contribution >= 4 is 29.1 Å². The minimum absolute atomic E-state index is 0.102. The number of nitrogens with zero attached hydrogens (tertiary/aromatic N) is 1. The molecule has 0 spiro atoms. The van der Waals surface area contributed by atoms with E-state index in [1.54, 1.807) is 13.1 Å². The zero-order chi connectivity index (χ0) is 27.2. The van der Waals surface area contributed by atoms with Gasteiger partial charge in [-0.2, -0.15) is 0 Å². The number of allylic oxidation sites excluding steroid dienone is 1. The minimum atomic E-state index is -0.418. The van der Waals surface area contributed by atoms with Gasteiger partial charge >= 0.3 is 6.09 Å². The Hall–Kier alpha value is -3.15. The molecular formula is C33H41N3O3. The Kier molecular flexibility index (Phi) is 6.76. The highest BCUT2D eigenvalue weighted by atomic mass is 16.6. The average molecular weight is 528 g/mol. The number of nitrogens with one attached hydrogen (secondary N) is 2. The van der Waals surface area contributed by atoms with Gasteiger partial charge < -0.3 is 10.1 Å². The SMILES string of the molecule is CC(=O)C1CCC2C3CC=C4CC(OC(=O)Nc5ccc(Nc6ccccc6)nc5)CCC4(C)C3CCC12C. The van der Waals surface area contributed by atoms with Gasteiger partial charge in [-0.3, -0.25) is 10.1 Å². The number of rotatable bonds is 5. The number of ketones is 1. The van der Waals surface area contributed by atoms with Gasteiger partial charge in [0.15, 0.2) is 0 Å². The van der Waals surface area contributed by atoms with Crippen LogP contribution in [0.25, 0.3) is 0 Å². The van der Waals surface area contributed by atoms with Crippen molar-refractivity contribution in [2.45, 2.75) is 78.2 Å². The molecule has 39 heavy (non-hydrogen) atoms. The molecule has 3 saturated carbocycles. The molecule has 206 valence electrons. The summed E-state index contributed by atoms with van der Waals surface area (Å²) >= 11 is 0. The van der Waals surface area contributed by atoms with Crippen LogP contribution in [0.15, 0.2) is 60.3 Å². The van der Waals surface area contributed by atoms with Gasteiger partial charge in [-0.05, 0) is 105 Å². The van der Waals surface area contributed by atoms with Crippen molar-refractivity contribution in [2.24, 2.45) is 34.5 Å². The number of amides is 1. The molecule has 6 nitrogen and oxygen atoms in total. The van der Waals surface area contributed by atoms with Crippen LogP contribution in [0, 0.1) is 34.5 Å². The topological polar surface area (TPSA) is 80.3 Å². The van der Waals surface area contributed by atoms with Crippen molar-refractivity contribution < 1.29 is 14.3 Å². The number of hydrogen-bond acceptors (Lipinski definition) is 5. The molecule has 6 rings (SSSR count). The molecule has 7 atom stereocenters. The Morgan fingerprint density at radius 3 is 2.51 bits per heavy atom. The second-order valence-corrected chi connectivity index (χ2v) is 12.9. The fraction of sp³-hybridized carbons (Fsp3) is 0.545. The lowest BCUT2D eigenvalue weighted by Crippen LogP contribution is -2.51. The number of para-hydroxylation sites is 1. The van der Waals surface area contributed by atoms with Gasteiger partial charge in [-0.25, -0.2) is 9.78 Å². The molecule has 2 N–H and O–H groups in total. The average Bonchev–Trinajstić information content (AvgIpc) is 3.28. The summed E-state index contributed by atoms with van der Waals surface area (Å²) in [4.78, 5) is 29.6. The van der Waals surface area contributed by atoms with Crippen molar-refractivity contribution in [3.8, 4) is 0 Å². The Morgan fingerprint density at radius 1 is 0.949 bits per heavy atom. The lowest BCUT2D eigenvalue weighted by molar-refractivity contribution is -0.127. The third kappa shape index (κ3) is 4.76. The van der Waals surface area contributed by atoms with Crippen LogP contribution in [0.3, 0.4) is 0 Å². The van der Waals surface area contributed by atoms with Crippen LogP contribution >= 0.6 is 0 Å². The third-order valence-electron chi connectivity index (χ3n) is 10.9. The molecule has 1 heterocycles. The van der Waals surface area contributed by atoms with Crippen molar-refractivity contribution in [3.63, 3.8) is 0 Å². The molecule has 1 aromatic carbocycles. The molecule has 7 unspecified atom stereocenters. The number of ether oxygens (including phenoxy) is 1. The van der Waals surface area contributed by atoms with Gasteiger partial charge in [-0.15, -0.1) is 0 Å². The van der Waals surface area contributed by atoms with E-state index in [1.165, 1.54) is 24.8 Å². The third-order valence-corrected chi connectivity index (χ3v) is 10.9. The van der Waals surface area contributed by atoms with Crippen LogP contribution in [0.2, 0.25) is 0 Å². The maximum Gasteiger partial charge on any atom is 0.411 e. The summed E-state index contributed by atoms with van der Waals surface area (Å²) in [5.41, 5.74) is 3.42. The fourth-order valence-electron chi connectivity index (χ4n) is 8.91. The van der Waals surface area contributed by atoms with Gasteiger partial charge in [-0.1, -0.05) is 43.7 Å². The molecule has 3 fully saturated rings. The van der Waals surface area contributed by atoms with Crippen LogP contribution < -0.4 is 10.6 Å². The predicted octanol–water partition coefficient (Wildman–Crippen LogP) is 7.91. The monoisotopic (exact) mass is 527 g/mol. The Labute approximate surface area is 232 Å². The van der Waals surface area contributed by atoms with Crippen LogP contribution in [0.5, 0.6) is 0 Å². The van der Waals surface area contributed by atoms with Crippen LogP contribution in [-0.2, 0) is 9.53 Å². The molecule has 0 radical (unpaired) electrons. The number of hydrogen-bond donors (Lipinski definition) is 2. The van der Waals surface area contributed by atoms with Gasteiger partial charge in [0.1, 0.15) is 17.7 Å². The summed E-state index contributed by atoms with van der Waals surface area (Å²) in [7, 11) is 0. The molecule has 1 amide bonds. The molecule has 6 heteroatoms. The van der Waals surface area contributed by atoms with Gasteiger partial charge in [0.05, 0.1) is 11.9 Å².